The van der Waals surface area contributed by atoms with E-state index in [4.69, 9.17) is 0 Å². The zero-order valence-corrected chi connectivity index (χ0v) is 11.1. The van der Waals surface area contributed by atoms with E-state index in [1.165, 1.54) is 0 Å². The summed E-state index contributed by atoms with van der Waals surface area (Å²) in [5, 5.41) is 0. The molecule has 2 atom stereocenters. The number of nitrogens with zero attached hydrogens (tertiary/aromatic N) is 1. The second-order valence-electron chi connectivity index (χ2n) is 4.47. The van der Waals surface area contributed by atoms with Gasteiger partial charge in [-0.25, -0.2) is 8.42 Å². The average Bonchev–Trinajstić information content (AvgIpc) is 2.58. The fraction of sp³-hybridized carbons (Fsp3) is 0.909. The molecular weight excluding hydrogens is 226 g/mol. The monoisotopic (exact) mass is 247 g/mol. The van der Waals surface area contributed by atoms with Gasteiger partial charge in [0, 0.05) is 18.5 Å². The van der Waals surface area contributed by atoms with Crippen molar-refractivity contribution in [3.8, 4) is 0 Å². The Balaban J connectivity index is 2.82. The Morgan fingerprint density at radius 2 is 2.06 bits per heavy atom. The molecule has 0 radical (unpaired) electrons. The molecule has 0 unspecified atom stereocenters. The quantitative estimate of drug-likeness (QED) is 0.750. The van der Waals surface area contributed by atoms with Crippen LogP contribution in [0.4, 0.5) is 0 Å². The first-order chi connectivity index (χ1) is 7.41. The van der Waals surface area contributed by atoms with E-state index < -0.39 is 9.84 Å². The van der Waals surface area contributed by atoms with E-state index in [0.717, 1.165) is 6.42 Å². The molecule has 0 bridgehead atoms. The predicted molar refractivity (Wildman–Crippen MR) is 63.9 cm³/mol. The lowest BCUT2D eigenvalue weighted by atomic mass is 10.1. The summed E-state index contributed by atoms with van der Waals surface area (Å²) in [4.78, 5) is 13.6. The Labute approximate surface area is 97.9 Å². The first kappa shape index (κ1) is 13.5. The van der Waals surface area contributed by atoms with Gasteiger partial charge in [0.1, 0.15) is 0 Å². The summed E-state index contributed by atoms with van der Waals surface area (Å²) in [6, 6.07) is 0.0261. The molecule has 0 aromatic carbocycles. The van der Waals surface area contributed by atoms with Gasteiger partial charge in [-0.1, -0.05) is 13.8 Å². The molecule has 0 saturated carbocycles. The maximum absolute atomic E-state index is 11.8. The highest BCUT2D eigenvalue weighted by atomic mass is 32.2. The van der Waals surface area contributed by atoms with Gasteiger partial charge in [-0.2, -0.15) is 0 Å². The van der Waals surface area contributed by atoms with E-state index in [2.05, 4.69) is 0 Å². The lowest BCUT2D eigenvalue weighted by molar-refractivity contribution is -0.135. The van der Waals surface area contributed by atoms with Crippen molar-refractivity contribution in [2.75, 3.05) is 11.5 Å². The molecule has 1 fully saturated rings. The van der Waals surface area contributed by atoms with Gasteiger partial charge in [0.2, 0.25) is 5.91 Å². The van der Waals surface area contributed by atoms with Crippen LogP contribution in [-0.2, 0) is 14.6 Å². The standard InChI is InChI=1S/C11H21NO3S/c1-4-9(3)12(11(13)5-2)10-6-7-16(14,15)8-10/h9-10H,4-8H2,1-3H3/t9-,10-/m1/s1. The Hall–Kier alpha value is -0.580. The molecule has 4 nitrogen and oxygen atoms in total. The molecule has 1 aliphatic heterocycles. The van der Waals surface area contributed by atoms with Crippen LogP contribution in [-0.4, -0.2) is 42.8 Å². The maximum Gasteiger partial charge on any atom is 0.222 e. The molecule has 0 aromatic heterocycles. The third kappa shape index (κ3) is 2.97. The topological polar surface area (TPSA) is 54.5 Å². The van der Waals surface area contributed by atoms with Crippen molar-refractivity contribution in [3.63, 3.8) is 0 Å². The molecule has 94 valence electrons. The Morgan fingerprint density at radius 3 is 2.44 bits per heavy atom. The van der Waals surface area contributed by atoms with Crippen LogP contribution in [0.1, 0.15) is 40.0 Å². The van der Waals surface area contributed by atoms with Gasteiger partial charge in [0.15, 0.2) is 9.84 Å². The number of amides is 1. The van der Waals surface area contributed by atoms with E-state index >= 15 is 0 Å². The summed E-state index contributed by atoms with van der Waals surface area (Å²) in [5.74, 6) is 0.432. The van der Waals surface area contributed by atoms with Crippen molar-refractivity contribution in [2.24, 2.45) is 0 Å². The van der Waals surface area contributed by atoms with Crippen molar-refractivity contribution in [3.05, 3.63) is 0 Å². The summed E-state index contributed by atoms with van der Waals surface area (Å²) < 4.78 is 22.9. The van der Waals surface area contributed by atoms with Crippen LogP contribution in [0.15, 0.2) is 0 Å². The van der Waals surface area contributed by atoms with Gasteiger partial charge < -0.3 is 4.90 Å². The third-order valence-corrected chi connectivity index (χ3v) is 5.01. The molecule has 1 heterocycles. The lowest BCUT2D eigenvalue weighted by Crippen LogP contribution is -2.46. The smallest absolute Gasteiger partial charge is 0.222 e. The number of hydrogen-bond donors (Lipinski definition) is 0. The van der Waals surface area contributed by atoms with Gasteiger partial charge in [-0.15, -0.1) is 0 Å². The molecule has 0 aromatic rings. The summed E-state index contributed by atoms with van der Waals surface area (Å²) in [6.07, 6.45) is 1.90. The molecular formula is C11H21NO3S. The third-order valence-electron chi connectivity index (χ3n) is 3.26. The molecule has 0 spiro atoms. The first-order valence-electron chi connectivity index (χ1n) is 5.92. The number of carbonyl (C=O) groups excluding carboxylic acids is 1. The van der Waals surface area contributed by atoms with Crippen molar-refractivity contribution in [1.82, 2.24) is 4.90 Å². The van der Waals surface area contributed by atoms with Crippen molar-refractivity contribution >= 4 is 15.7 Å². The minimum Gasteiger partial charge on any atom is -0.336 e. The number of hydrogen-bond acceptors (Lipinski definition) is 3. The minimum atomic E-state index is -2.92. The van der Waals surface area contributed by atoms with Crippen LogP contribution >= 0.6 is 0 Å². The second kappa shape index (κ2) is 5.17. The highest BCUT2D eigenvalue weighted by Gasteiger charge is 2.35. The van der Waals surface area contributed by atoms with Crippen LogP contribution in [0.25, 0.3) is 0 Å². The van der Waals surface area contributed by atoms with Crippen LogP contribution in [0.2, 0.25) is 0 Å². The Bertz CT molecular complexity index is 350. The molecule has 5 heteroatoms. The number of rotatable bonds is 4. The van der Waals surface area contributed by atoms with Crippen LogP contribution < -0.4 is 0 Å². The fourth-order valence-electron chi connectivity index (χ4n) is 2.18. The normalized spacial score (nSPS) is 25.3. The molecule has 1 saturated heterocycles. The van der Waals surface area contributed by atoms with Crippen molar-refractivity contribution < 1.29 is 13.2 Å². The van der Waals surface area contributed by atoms with Crippen molar-refractivity contribution in [1.29, 1.82) is 0 Å². The molecule has 0 aliphatic carbocycles. The zero-order valence-electron chi connectivity index (χ0n) is 10.3. The first-order valence-corrected chi connectivity index (χ1v) is 7.75. The minimum absolute atomic E-state index is 0.0662. The second-order valence-corrected chi connectivity index (χ2v) is 6.70. The van der Waals surface area contributed by atoms with Crippen molar-refractivity contribution in [2.45, 2.75) is 52.1 Å². The SMILES string of the molecule is CCC(=O)N([C@@H]1CCS(=O)(=O)C1)[C@H](C)CC. The number of carbonyl (C=O) groups is 1. The average molecular weight is 247 g/mol. The van der Waals surface area contributed by atoms with E-state index in [-0.39, 0.29) is 29.5 Å². The zero-order chi connectivity index (χ0) is 12.3. The summed E-state index contributed by atoms with van der Waals surface area (Å²) in [6.45, 7) is 5.82. The number of sulfone groups is 1. The summed E-state index contributed by atoms with van der Waals surface area (Å²) >= 11 is 0. The Morgan fingerprint density at radius 1 is 1.44 bits per heavy atom. The lowest BCUT2D eigenvalue weighted by Gasteiger charge is -2.33. The van der Waals surface area contributed by atoms with Gasteiger partial charge >= 0.3 is 0 Å². The van der Waals surface area contributed by atoms with E-state index in [9.17, 15) is 13.2 Å². The Kier molecular flexibility index (Phi) is 4.35. The van der Waals surface area contributed by atoms with Crippen LogP contribution in [0.3, 0.4) is 0 Å². The largest absolute Gasteiger partial charge is 0.336 e. The summed E-state index contributed by atoms with van der Waals surface area (Å²) in [7, 11) is -2.92. The molecule has 1 aliphatic rings. The highest BCUT2D eigenvalue weighted by Crippen LogP contribution is 2.21. The van der Waals surface area contributed by atoms with E-state index in [0.29, 0.717) is 12.8 Å². The predicted octanol–water partition coefficient (Wildman–Crippen LogP) is 1.21. The maximum atomic E-state index is 11.8. The van der Waals surface area contributed by atoms with Crippen LogP contribution in [0, 0.1) is 0 Å². The van der Waals surface area contributed by atoms with E-state index in [1.807, 2.05) is 20.8 Å². The molecule has 1 amide bonds. The van der Waals surface area contributed by atoms with E-state index in [1.54, 1.807) is 4.90 Å². The highest BCUT2D eigenvalue weighted by molar-refractivity contribution is 7.91. The molecule has 0 N–H and O–H groups in total. The van der Waals surface area contributed by atoms with Gasteiger partial charge in [0.05, 0.1) is 11.5 Å². The van der Waals surface area contributed by atoms with Gasteiger partial charge in [-0.3, -0.25) is 4.79 Å². The molecule has 16 heavy (non-hydrogen) atoms. The summed E-state index contributed by atoms with van der Waals surface area (Å²) in [5.41, 5.74) is 0. The van der Waals surface area contributed by atoms with Crippen LogP contribution in [0.5, 0.6) is 0 Å². The van der Waals surface area contributed by atoms with Gasteiger partial charge in [0.25, 0.3) is 0 Å². The fourth-order valence-corrected chi connectivity index (χ4v) is 3.89. The van der Waals surface area contributed by atoms with Gasteiger partial charge in [-0.05, 0) is 19.8 Å². The molecule has 1 rings (SSSR count).